The first-order valence-corrected chi connectivity index (χ1v) is 7.94. The molecule has 1 aliphatic rings. The summed E-state index contributed by atoms with van der Waals surface area (Å²) in [5.74, 6) is 0. The predicted molar refractivity (Wildman–Crippen MR) is 86.4 cm³/mol. The molecule has 1 fully saturated rings. The van der Waals surface area contributed by atoms with Crippen molar-refractivity contribution in [2.75, 3.05) is 6.54 Å². The summed E-state index contributed by atoms with van der Waals surface area (Å²) in [6.07, 6.45) is 9.01. The van der Waals surface area contributed by atoms with E-state index in [2.05, 4.69) is 49.1 Å². The Hall–Kier alpha value is -1.28. The highest BCUT2D eigenvalue weighted by Gasteiger charge is 2.15. The van der Waals surface area contributed by atoms with Crippen LogP contribution in [0.1, 0.15) is 42.4 Å². The van der Waals surface area contributed by atoms with Crippen LogP contribution in [-0.4, -0.2) is 17.2 Å². The van der Waals surface area contributed by atoms with Gasteiger partial charge in [-0.2, -0.15) is 0 Å². The molecule has 1 aromatic heterocycles. The summed E-state index contributed by atoms with van der Waals surface area (Å²) in [4.78, 5) is 0. The quantitative estimate of drug-likeness (QED) is 0.892. The van der Waals surface area contributed by atoms with Crippen LogP contribution in [0.15, 0.2) is 18.3 Å². The van der Waals surface area contributed by atoms with Gasteiger partial charge in [-0.15, -0.1) is 0 Å². The number of aromatic nitrogens is 1. The lowest BCUT2D eigenvalue weighted by molar-refractivity contribution is 0.528. The zero-order chi connectivity index (χ0) is 14.1. The van der Waals surface area contributed by atoms with Gasteiger partial charge in [-0.05, 0) is 56.3 Å². The minimum atomic E-state index is 0.771. The molecule has 3 rings (SSSR count). The Morgan fingerprint density at radius 3 is 2.60 bits per heavy atom. The van der Waals surface area contributed by atoms with Gasteiger partial charge in [0.05, 0.1) is 5.52 Å². The maximum absolute atomic E-state index is 3.73. The largest absolute Gasteiger partial charge is 0.350 e. The Labute approximate surface area is 122 Å². The minimum absolute atomic E-state index is 0.771. The van der Waals surface area contributed by atoms with Crippen LogP contribution in [0, 0.1) is 13.8 Å². The molecule has 0 atom stereocenters. The number of benzene rings is 1. The van der Waals surface area contributed by atoms with Crippen LogP contribution in [0.2, 0.25) is 0 Å². The van der Waals surface area contributed by atoms with Gasteiger partial charge in [0.15, 0.2) is 0 Å². The summed E-state index contributed by atoms with van der Waals surface area (Å²) in [6, 6.07) is 5.26. The van der Waals surface area contributed by atoms with Crippen molar-refractivity contribution in [1.82, 2.24) is 9.88 Å². The summed E-state index contributed by atoms with van der Waals surface area (Å²) in [6.45, 7) is 5.55. The molecule has 0 aliphatic heterocycles. The van der Waals surface area contributed by atoms with Crippen LogP contribution in [-0.2, 0) is 13.5 Å². The van der Waals surface area contributed by atoms with Gasteiger partial charge in [0, 0.05) is 24.7 Å². The molecule has 1 N–H and O–H groups in total. The molecule has 0 amide bonds. The molecule has 1 aromatic carbocycles. The van der Waals surface area contributed by atoms with Crippen molar-refractivity contribution in [3.8, 4) is 0 Å². The summed E-state index contributed by atoms with van der Waals surface area (Å²) in [7, 11) is 2.17. The zero-order valence-corrected chi connectivity index (χ0v) is 13.0. The van der Waals surface area contributed by atoms with Gasteiger partial charge >= 0.3 is 0 Å². The van der Waals surface area contributed by atoms with E-state index in [1.807, 2.05) is 0 Å². The first kappa shape index (κ1) is 13.7. The lowest BCUT2D eigenvalue weighted by Crippen LogP contribution is -2.27. The number of hydrogen-bond donors (Lipinski definition) is 1. The van der Waals surface area contributed by atoms with E-state index in [4.69, 9.17) is 0 Å². The Morgan fingerprint density at radius 1 is 1.15 bits per heavy atom. The second kappa shape index (κ2) is 5.61. The van der Waals surface area contributed by atoms with Crippen LogP contribution in [0.5, 0.6) is 0 Å². The monoisotopic (exact) mass is 270 g/mol. The summed E-state index contributed by atoms with van der Waals surface area (Å²) >= 11 is 0. The van der Waals surface area contributed by atoms with Gasteiger partial charge in [0.25, 0.3) is 0 Å². The number of nitrogens with one attached hydrogen (secondary N) is 1. The molecule has 0 radical (unpaired) electrons. The fourth-order valence-electron chi connectivity index (χ4n) is 3.75. The van der Waals surface area contributed by atoms with E-state index in [1.165, 1.54) is 53.3 Å². The third-order valence-electron chi connectivity index (χ3n) is 4.79. The Kier molecular flexibility index (Phi) is 3.84. The van der Waals surface area contributed by atoms with Crippen LogP contribution >= 0.6 is 0 Å². The number of rotatable bonds is 4. The predicted octanol–water partition coefficient (Wildman–Crippen LogP) is 3.87. The molecule has 2 nitrogen and oxygen atoms in total. The minimum Gasteiger partial charge on any atom is -0.350 e. The van der Waals surface area contributed by atoms with Gasteiger partial charge in [0.2, 0.25) is 0 Å². The van der Waals surface area contributed by atoms with Crippen molar-refractivity contribution in [2.24, 2.45) is 7.05 Å². The first-order chi connectivity index (χ1) is 9.66. The van der Waals surface area contributed by atoms with Gasteiger partial charge in [0.1, 0.15) is 0 Å². The second-order valence-corrected chi connectivity index (χ2v) is 6.37. The molecule has 2 heteroatoms. The number of hydrogen-bond acceptors (Lipinski definition) is 1. The average molecular weight is 270 g/mol. The maximum atomic E-state index is 3.73. The van der Waals surface area contributed by atoms with Crippen LogP contribution in [0.3, 0.4) is 0 Å². The van der Waals surface area contributed by atoms with Gasteiger partial charge in [-0.3, -0.25) is 0 Å². The summed E-state index contributed by atoms with van der Waals surface area (Å²) in [5.41, 5.74) is 5.68. The third-order valence-corrected chi connectivity index (χ3v) is 4.79. The van der Waals surface area contributed by atoms with Crippen molar-refractivity contribution in [1.29, 1.82) is 0 Å². The smallest absolute Gasteiger partial charge is 0.0512 e. The highest BCUT2D eigenvalue weighted by molar-refractivity contribution is 5.89. The second-order valence-electron chi connectivity index (χ2n) is 6.37. The highest BCUT2D eigenvalue weighted by atomic mass is 14.9. The maximum Gasteiger partial charge on any atom is 0.0512 e. The van der Waals surface area contributed by atoms with E-state index < -0.39 is 0 Å². The van der Waals surface area contributed by atoms with Crippen molar-refractivity contribution in [2.45, 2.75) is 52.0 Å². The molecule has 20 heavy (non-hydrogen) atoms. The Morgan fingerprint density at radius 2 is 1.85 bits per heavy atom. The molecule has 2 aromatic rings. The SMILES string of the molecule is Cc1ccc(C)c2c1c(CCNC1CCCC1)cn2C. The topological polar surface area (TPSA) is 17.0 Å². The first-order valence-electron chi connectivity index (χ1n) is 7.94. The van der Waals surface area contributed by atoms with Gasteiger partial charge in [-0.25, -0.2) is 0 Å². The molecule has 108 valence electrons. The molecular formula is C18H26N2. The van der Waals surface area contributed by atoms with Crippen molar-refractivity contribution < 1.29 is 0 Å². The van der Waals surface area contributed by atoms with E-state index >= 15 is 0 Å². The highest BCUT2D eigenvalue weighted by Crippen LogP contribution is 2.27. The van der Waals surface area contributed by atoms with Crippen LogP contribution in [0.4, 0.5) is 0 Å². The van der Waals surface area contributed by atoms with Crippen molar-refractivity contribution >= 4 is 10.9 Å². The molecular weight excluding hydrogens is 244 g/mol. The normalized spacial score (nSPS) is 16.4. The number of nitrogens with zero attached hydrogens (tertiary/aromatic N) is 1. The summed E-state index contributed by atoms with van der Waals surface area (Å²) < 4.78 is 2.29. The molecule has 0 saturated heterocycles. The van der Waals surface area contributed by atoms with Crippen LogP contribution < -0.4 is 5.32 Å². The molecule has 1 heterocycles. The fraction of sp³-hybridized carbons (Fsp3) is 0.556. The molecule has 0 bridgehead atoms. The summed E-state index contributed by atoms with van der Waals surface area (Å²) in [5, 5.41) is 5.20. The average Bonchev–Trinajstić information content (AvgIpc) is 3.03. The fourth-order valence-corrected chi connectivity index (χ4v) is 3.75. The zero-order valence-electron chi connectivity index (χ0n) is 13.0. The Balaban J connectivity index is 1.79. The lowest BCUT2D eigenvalue weighted by atomic mass is 10.0. The number of fused-ring (bicyclic) bond motifs is 1. The Bertz CT molecular complexity index is 603. The van der Waals surface area contributed by atoms with E-state index in [-0.39, 0.29) is 0 Å². The van der Waals surface area contributed by atoms with E-state index in [0.29, 0.717) is 0 Å². The number of aryl methyl sites for hydroxylation is 3. The standard InChI is InChI=1S/C18H26N2/c1-13-8-9-14(2)18-17(13)15(12-20(18)3)10-11-19-16-6-4-5-7-16/h8-9,12,16,19H,4-7,10-11H2,1-3H3. The van der Waals surface area contributed by atoms with Gasteiger partial charge < -0.3 is 9.88 Å². The van der Waals surface area contributed by atoms with E-state index in [9.17, 15) is 0 Å². The van der Waals surface area contributed by atoms with Crippen molar-refractivity contribution in [3.63, 3.8) is 0 Å². The van der Waals surface area contributed by atoms with Crippen molar-refractivity contribution in [3.05, 3.63) is 35.0 Å². The molecule has 0 spiro atoms. The molecule has 1 aliphatic carbocycles. The van der Waals surface area contributed by atoms with E-state index in [1.54, 1.807) is 0 Å². The van der Waals surface area contributed by atoms with Gasteiger partial charge in [-0.1, -0.05) is 25.0 Å². The van der Waals surface area contributed by atoms with Crippen LogP contribution in [0.25, 0.3) is 10.9 Å². The van der Waals surface area contributed by atoms with E-state index in [0.717, 1.165) is 19.0 Å². The molecule has 1 saturated carbocycles. The molecule has 0 unspecified atom stereocenters. The lowest BCUT2D eigenvalue weighted by Gasteiger charge is -2.11. The third kappa shape index (κ3) is 2.49.